The van der Waals surface area contributed by atoms with Gasteiger partial charge in [-0.1, -0.05) is 18.2 Å². The maximum Gasteiger partial charge on any atom is 0.331 e. The molecule has 0 fully saturated rings. The Labute approximate surface area is 142 Å². The average molecular weight is 326 g/mol. The van der Waals surface area contributed by atoms with Gasteiger partial charge in [0.1, 0.15) is 5.82 Å². The molecule has 0 radical (unpaired) electrons. The van der Waals surface area contributed by atoms with E-state index in [2.05, 4.69) is 20.6 Å². The number of esters is 1. The number of allylic oxidation sites excluding steroid dienone is 1. The highest BCUT2D eigenvalue weighted by atomic mass is 16.5. The van der Waals surface area contributed by atoms with Crippen molar-refractivity contribution in [2.45, 2.75) is 20.8 Å². The first-order valence-electron chi connectivity index (χ1n) is 7.92. The number of nitrogens with zero attached hydrogens (tertiary/aromatic N) is 2. The van der Waals surface area contributed by atoms with Crippen molar-refractivity contribution >= 4 is 29.0 Å². The van der Waals surface area contributed by atoms with E-state index in [0.717, 1.165) is 16.8 Å². The number of anilines is 3. The number of hydrogen-bond acceptors (Lipinski definition) is 6. The van der Waals surface area contributed by atoms with Gasteiger partial charge in [-0.05, 0) is 38.5 Å². The smallest absolute Gasteiger partial charge is 0.331 e. The van der Waals surface area contributed by atoms with Crippen molar-refractivity contribution in [2.24, 2.45) is 0 Å². The zero-order valence-electron chi connectivity index (χ0n) is 14.2. The molecule has 0 amide bonds. The van der Waals surface area contributed by atoms with Gasteiger partial charge in [0.25, 0.3) is 0 Å². The summed E-state index contributed by atoms with van der Waals surface area (Å²) in [6.07, 6.45) is 3.15. The molecule has 0 saturated carbocycles. The van der Waals surface area contributed by atoms with E-state index < -0.39 is 0 Å². The molecule has 126 valence electrons. The second kappa shape index (κ2) is 8.67. The van der Waals surface area contributed by atoms with Gasteiger partial charge in [0.15, 0.2) is 0 Å². The van der Waals surface area contributed by atoms with Gasteiger partial charge in [0.2, 0.25) is 5.95 Å². The van der Waals surface area contributed by atoms with Gasteiger partial charge in [0.05, 0.1) is 6.61 Å². The van der Waals surface area contributed by atoms with Gasteiger partial charge >= 0.3 is 5.97 Å². The lowest BCUT2D eigenvalue weighted by atomic mass is 10.1. The SMILES string of the molecule is CCNc1nc(Nc2ccccc2)ncc1/C(C)=C\C(=O)OCC. The highest BCUT2D eigenvalue weighted by Crippen LogP contribution is 2.23. The standard InChI is InChI=1S/C18H22N4O2/c1-4-19-17-15(13(3)11-16(23)24-5-2)12-20-18(22-17)21-14-9-7-6-8-10-14/h6-12H,4-5H2,1-3H3,(H2,19,20,21,22)/b13-11-. The molecule has 0 unspecified atom stereocenters. The van der Waals surface area contributed by atoms with Crippen LogP contribution in [-0.4, -0.2) is 29.1 Å². The third-order valence-electron chi connectivity index (χ3n) is 3.21. The number of ether oxygens (including phenoxy) is 1. The van der Waals surface area contributed by atoms with Crippen LogP contribution in [0.2, 0.25) is 0 Å². The summed E-state index contributed by atoms with van der Waals surface area (Å²) in [6, 6.07) is 9.71. The Morgan fingerprint density at radius 1 is 1.25 bits per heavy atom. The second-order valence-electron chi connectivity index (χ2n) is 5.06. The van der Waals surface area contributed by atoms with E-state index in [4.69, 9.17) is 4.74 Å². The Morgan fingerprint density at radius 2 is 2.00 bits per heavy atom. The lowest BCUT2D eigenvalue weighted by Crippen LogP contribution is -2.07. The molecule has 2 N–H and O–H groups in total. The summed E-state index contributed by atoms with van der Waals surface area (Å²) in [4.78, 5) is 20.5. The largest absolute Gasteiger partial charge is 0.463 e. The number of hydrogen-bond donors (Lipinski definition) is 2. The van der Waals surface area contributed by atoms with Gasteiger partial charge < -0.3 is 15.4 Å². The molecule has 2 rings (SSSR count). The fourth-order valence-electron chi connectivity index (χ4n) is 2.12. The second-order valence-corrected chi connectivity index (χ2v) is 5.06. The molecule has 1 aromatic heterocycles. The number of rotatable bonds is 7. The van der Waals surface area contributed by atoms with Crippen molar-refractivity contribution in [3.8, 4) is 0 Å². The van der Waals surface area contributed by atoms with Crippen LogP contribution in [0, 0.1) is 0 Å². The minimum absolute atomic E-state index is 0.346. The van der Waals surface area contributed by atoms with E-state index in [1.807, 2.05) is 44.2 Å². The first-order chi connectivity index (χ1) is 11.6. The average Bonchev–Trinajstić information content (AvgIpc) is 2.56. The van der Waals surface area contributed by atoms with Crippen molar-refractivity contribution in [3.05, 3.63) is 48.2 Å². The molecule has 0 atom stereocenters. The van der Waals surface area contributed by atoms with Crippen molar-refractivity contribution in [1.29, 1.82) is 0 Å². The lowest BCUT2D eigenvalue weighted by Gasteiger charge is -2.12. The van der Waals surface area contributed by atoms with E-state index in [0.29, 0.717) is 24.9 Å². The Morgan fingerprint density at radius 3 is 2.67 bits per heavy atom. The van der Waals surface area contributed by atoms with Gasteiger partial charge in [0, 0.05) is 30.1 Å². The van der Waals surface area contributed by atoms with Crippen molar-refractivity contribution in [2.75, 3.05) is 23.8 Å². The molecule has 1 heterocycles. The number of para-hydroxylation sites is 1. The van der Waals surface area contributed by atoms with Crippen LogP contribution in [0.15, 0.2) is 42.6 Å². The van der Waals surface area contributed by atoms with Gasteiger partial charge in [-0.25, -0.2) is 9.78 Å². The van der Waals surface area contributed by atoms with Crippen LogP contribution < -0.4 is 10.6 Å². The highest BCUT2D eigenvalue weighted by molar-refractivity contribution is 5.92. The van der Waals surface area contributed by atoms with E-state index in [9.17, 15) is 4.79 Å². The summed E-state index contributed by atoms with van der Waals surface area (Å²) >= 11 is 0. The van der Waals surface area contributed by atoms with E-state index in [-0.39, 0.29) is 5.97 Å². The van der Waals surface area contributed by atoms with Crippen LogP contribution in [0.1, 0.15) is 26.3 Å². The van der Waals surface area contributed by atoms with E-state index >= 15 is 0 Å². The zero-order valence-corrected chi connectivity index (χ0v) is 14.2. The van der Waals surface area contributed by atoms with Gasteiger partial charge in [-0.15, -0.1) is 0 Å². The van der Waals surface area contributed by atoms with Crippen LogP contribution in [0.4, 0.5) is 17.5 Å². The predicted molar refractivity (Wildman–Crippen MR) is 96.2 cm³/mol. The molecule has 0 bridgehead atoms. The molecule has 0 aliphatic rings. The molecule has 24 heavy (non-hydrogen) atoms. The third kappa shape index (κ3) is 4.81. The van der Waals surface area contributed by atoms with Crippen molar-refractivity contribution in [3.63, 3.8) is 0 Å². The molecule has 6 heteroatoms. The topological polar surface area (TPSA) is 76.1 Å². The monoisotopic (exact) mass is 326 g/mol. The quantitative estimate of drug-likeness (QED) is 0.598. The molecular formula is C18H22N4O2. The molecule has 0 aliphatic carbocycles. The molecule has 2 aromatic rings. The number of nitrogens with one attached hydrogen (secondary N) is 2. The highest BCUT2D eigenvalue weighted by Gasteiger charge is 2.10. The molecule has 6 nitrogen and oxygen atoms in total. The Hall–Kier alpha value is -2.89. The molecule has 0 saturated heterocycles. The number of carbonyl (C=O) groups excluding carboxylic acids is 1. The third-order valence-corrected chi connectivity index (χ3v) is 3.21. The van der Waals surface area contributed by atoms with Crippen LogP contribution in [0.3, 0.4) is 0 Å². The molecule has 0 spiro atoms. The fraction of sp³-hybridized carbons (Fsp3) is 0.278. The number of benzene rings is 1. The minimum atomic E-state index is -0.371. The molecular weight excluding hydrogens is 304 g/mol. The van der Waals surface area contributed by atoms with Crippen LogP contribution in [0.5, 0.6) is 0 Å². The predicted octanol–water partition coefficient (Wildman–Crippen LogP) is 3.62. The minimum Gasteiger partial charge on any atom is -0.463 e. The van der Waals surface area contributed by atoms with Crippen LogP contribution in [0.25, 0.3) is 5.57 Å². The summed E-state index contributed by atoms with van der Waals surface area (Å²) in [5.41, 5.74) is 2.42. The zero-order chi connectivity index (χ0) is 17.4. The van der Waals surface area contributed by atoms with Crippen molar-refractivity contribution < 1.29 is 9.53 Å². The Balaban J connectivity index is 2.27. The fourth-order valence-corrected chi connectivity index (χ4v) is 2.12. The Kier molecular flexibility index (Phi) is 6.31. The van der Waals surface area contributed by atoms with E-state index in [1.54, 1.807) is 13.1 Å². The van der Waals surface area contributed by atoms with Crippen LogP contribution >= 0.6 is 0 Å². The Bertz CT molecular complexity index is 714. The van der Waals surface area contributed by atoms with Crippen LogP contribution in [-0.2, 0) is 9.53 Å². The molecule has 1 aromatic carbocycles. The number of aromatic nitrogens is 2. The summed E-state index contributed by atoms with van der Waals surface area (Å²) < 4.78 is 4.95. The van der Waals surface area contributed by atoms with Gasteiger partial charge in [-0.2, -0.15) is 4.98 Å². The number of carbonyl (C=O) groups is 1. The van der Waals surface area contributed by atoms with Crippen molar-refractivity contribution in [1.82, 2.24) is 9.97 Å². The first kappa shape index (κ1) is 17.5. The first-order valence-corrected chi connectivity index (χ1v) is 7.92. The van der Waals surface area contributed by atoms with E-state index in [1.165, 1.54) is 6.08 Å². The maximum absolute atomic E-state index is 11.6. The summed E-state index contributed by atoms with van der Waals surface area (Å²) in [7, 11) is 0. The lowest BCUT2D eigenvalue weighted by molar-refractivity contribution is -0.137. The summed E-state index contributed by atoms with van der Waals surface area (Å²) in [6.45, 7) is 6.65. The normalized spacial score (nSPS) is 11.0. The maximum atomic E-state index is 11.6. The summed E-state index contributed by atoms with van der Waals surface area (Å²) in [5, 5.41) is 6.36. The molecule has 0 aliphatic heterocycles. The van der Waals surface area contributed by atoms with Gasteiger partial charge in [-0.3, -0.25) is 0 Å². The summed E-state index contributed by atoms with van der Waals surface area (Å²) in [5.74, 6) is 0.790.